The molecule has 0 aromatic heterocycles. The van der Waals surface area contributed by atoms with Crippen molar-refractivity contribution in [1.29, 1.82) is 0 Å². The van der Waals surface area contributed by atoms with Crippen LogP contribution in [0.15, 0.2) is 29.3 Å². The van der Waals surface area contributed by atoms with Crippen LogP contribution < -0.4 is 16.0 Å². The van der Waals surface area contributed by atoms with E-state index < -0.39 is 0 Å². The fraction of sp³-hybridized carbons (Fsp3) is 0.467. The van der Waals surface area contributed by atoms with Crippen LogP contribution in [0.3, 0.4) is 0 Å². The highest BCUT2D eigenvalue weighted by Gasteiger charge is 2.05. The van der Waals surface area contributed by atoms with Gasteiger partial charge in [0.05, 0.1) is 6.61 Å². The van der Waals surface area contributed by atoms with Gasteiger partial charge in [-0.15, -0.1) is 24.0 Å². The zero-order valence-electron chi connectivity index (χ0n) is 13.5. The minimum absolute atomic E-state index is 0. The molecule has 0 aliphatic carbocycles. The van der Waals surface area contributed by atoms with Gasteiger partial charge in [0.1, 0.15) is 0 Å². The van der Waals surface area contributed by atoms with Crippen molar-refractivity contribution >= 4 is 35.8 Å². The first-order valence-electron chi connectivity index (χ1n) is 6.87. The summed E-state index contributed by atoms with van der Waals surface area (Å²) in [6.45, 7) is 3.27. The number of nitrogens with zero attached hydrogens (tertiary/aromatic N) is 1. The number of methoxy groups -OCH3 is 1. The van der Waals surface area contributed by atoms with Crippen molar-refractivity contribution in [2.75, 3.05) is 27.8 Å². The first-order chi connectivity index (χ1) is 10.1. The summed E-state index contributed by atoms with van der Waals surface area (Å²) < 4.78 is 5.07. The fourth-order valence-corrected chi connectivity index (χ4v) is 1.82. The van der Waals surface area contributed by atoms with Crippen molar-refractivity contribution in [1.82, 2.24) is 16.0 Å². The molecule has 0 radical (unpaired) electrons. The van der Waals surface area contributed by atoms with Crippen molar-refractivity contribution in [3.05, 3.63) is 35.4 Å². The molecular formula is C15H25IN4O2. The number of carbonyl (C=O) groups is 1. The maximum absolute atomic E-state index is 11.5. The van der Waals surface area contributed by atoms with Gasteiger partial charge in [0, 0.05) is 39.4 Å². The normalized spacial score (nSPS) is 12.1. The van der Waals surface area contributed by atoms with E-state index >= 15 is 0 Å². The lowest BCUT2D eigenvalue weighted by Crippen LogP contribution is -2.43. The largest absolute Gasteiger partial charge is 0.383 e. The minimum atomic E-state index is -0.0830. The maximum atomic E-state index is 11.5. The summed E-state index contributed by atoms with van der Waals surface area (Å²) in [6, 6.07) is 7.63. The molecule has 1 aromatic carbocycles. The Bertz CT molecular complexity index is 477. The molecule has 7 heteroatoms. The lowest BCUT2D eigenvalue weighted by molar-refractivity contribution is 0.0963. The summed E-state index contributed by atoms with van der Waals surface area (Å²) in [5.41, 5.74) is 1.72. The van der Waals surface area contributed by atoms with Gasteiger partial charge in [-0.2, -0.15) is 0 Å². The number of hydrogen-bond acceptors (Lipinski definition) is 3. The van der Waals surface area contributed by atoms with E-state index in [0.717, 1.165) is 11.5 Å². The molecule has 0 heterocycles. The molecule has 3 N–H and O–H groups in total. The van der Waals surface area contributed by atoms with Crippen LogP contribution in [0.2, 0.25) is 0 Å². The van der Waals surface area contributed by atoms with Crippen LogP contribution in [0.5, 0.6) is 0 Å². The van der Waals surface area contributed by atoms with E-state index in [0.29, 0.717) is 18.7 Å². The predicted molar refractivity (Wildman–Crippen MR) is 99.9 cm³/mol. The highest BCUT2D eigenvalue weighted by atomic mass is 127. The van der Waals surface area contributed by atoms with Crippen molar-refractivity contribution in [3.8, 4) is 0 Å². The van der Waals surface area contributed by atoms with Gasteiger partial charge in [-0.25, -0.2) is 0 Å². The lowest BCUT2D eigenvalue weighted by atomic mass is 10.1. The number of hydrogen-bond donors (Lipinski definition) is 3. The van der Waals surface area contributed by atoms with Gasteiger partial charge in [0.2, 0.25) is 0 Å². The smallest absolute Gasteiger partial charge is 0.251 e. The van der Waals surface area contributed by atoms with Crippen molar-refractivity contribution in [3.63, 3.8) is 0 Å². The van der Waals surface area contributed by atoms with Gasteiger partial charge in [0.15, 0.2) is 5.96 Å². The topological polar surface area (TPSA) is 74.8 Å². The molecular weight excluding hydrogens is 395 g/mol. The molecule has 0 spiro atoms. The standard InChI is InChI=1S/C15H24N4O2.HI/c1-11(10-21-4)19-15(17-3)18-9-12-5-7-13(8-6-12)14(20)16-2;/h5-8,11H,9-10H2,1-4H3,(H,16,20)(H2,17,18,19);1H. The second-order valence-corrected chi connectivity index (χ2v) is 4.70. The third-order valence-corrected chi connectivity index (χ3v) is 2.93. The molecule has 0 saturated carbocycles. The summed E-state index contributed by atoms with van der Waals surface area (Å²) in [5.74, 6) is 0.635. The lowest BCUT2D eigenvalue weighted by Gasteiger charge is -2.17. The molecule has 1 unspecified atom stereocenters. The Labute approximate surface area is 149 Å². The Kier molecular flexibility index (Phi) is 10.6. The van der Waals surface area contributed by atoms with E-state index in [9.17, 15) is 4.79 Å². The zero-order valence-corrected chi connectivity index (χ0v) is 15.8. The molecule has 6 nitrogen and oxygen atoms in total. The third-order valence-electron chi connectivity index (χ3n) is 2.93. The molecule has 0 aliphatic rings. The van der Waals surface area contributed by atoms with E-state index in [1.165, 1.54) is 0 Å². The van der Waals surface area contributed by atoms with Gasteiger partial charge in [-0.1, -0.05) is 12.1 Å². The molecule has 1 atom stereocenters. The quantitative estimate of drug-likeness (QED) is 0.369. The monoisotopic (exact) mass is 420 g/mol. The summed E-state index contributed by atoms with van der Waals surface area (Å²) in [5, 5.41) is 9.04. The number of halogens is 1. The van der Waals surface area contributed by atoms with E-state index in [4.69, 9.17) is 4.74 Å². The van der Waals surface area contributed by atoms with Crippen LogP contribution in [0.25, 0.3) is 0 Å². The summed E-state index contributed by atoms with van der Waals surface area (Å²) in [4.78, 5) is 15.6. The molecule has 22 heavy (non-hydrogen) atoms. The van der Waals surface area contributed by atoms with Crippen molar-refractivity contribution in [2.24, 2.45) is 4.99 Å². The number of amides is 1. The molecule has 1 rings (SSSR count). The average Bonchev–Trinajstić information content (AvgIpc) is 2.51. The van der Waals surface area contributed by atoms with Crippen molar-refractivity contribution in [2.45, 2.75) is 19.5 Å². The fourth-order valence-electron chi connectivity index (χ4n) is 1.82. The number of guanidine groups is 1. The van der Waals surface area contributed by atoms with Gasteiger partial charge < -0.3 is 20.7 Å². The first-order valence-corrected chi connectivity index (χ1v) is 6.87. The van der Waals surface area contributed by atoms with Gasteiger partial charge >= 0.3 is 0 Å². The predicted octanol–water partition coefficient (Wildman–Crippen LogP) is 1.36. The molecule has 0 saturated heterocycles. The van der Waals surface area contributed by atoms with Gasteiger partial charge in [0.25, 0.3) is 5.91 Å². The average molecular weight is 420 g/mol. The van der Waals surface area contributed by atoms with Crippen LogP contribution in [0.4, 0.5) is 0 Å². The van der Waals surface area contributed by atoms with E-state index in [1.807, 2.05) is 19.1 Å². The van der Waals surface area contributed by atoms with Crippen LogP contribution in [0, 0.1) is 0 Å². The Morgan fingerprint density at radius 2 is 1.95 bits per heavy atom. The van der Waals surface area contributed by atoms with Crippen molar-refractivity contribution < 1.29 is 9.53 Å². The van der Waals surface area contributed by atoms with E-state index in [2.05, 4.69) is 20.9 Å². The second-order valence-electron chi connectivity index (χ2n) is 4.70. The second kappa shape index (κ2) is 11.2. The summed E-state index contributed by atoms with van der Waals surface area (Å²) in [7, 11) is 5.01. The summed E-state index contributed by atoms with van der Waals surface area (Å²) in [6.07, 6.45) is 0. The Balaban J connectivity index is 0.00000441. The Hall–Kier alpha value is -1.35. The Morgan fingerprint density at radius 1 is 1.32 bits per heavy atom. The van der Waals surface area contributed by atoms with Crippen LogP contribution >= 0.6 is 24.0 Å². The SMILES string of the molecule is CN=C(NCc1ccc(C(=O)NC)cc1)NC(C)COC.I. The van der Waals surface area contributed by atoms with E-state index in [-0.39, 0.29) is 35.9 Å². The molecule has 0 aliphatic heterocycles. The first kappa shape index (κ1) is 20.6. The molecule has 0 bridgehead atoms. The number of carbonyl (C=O) groups excluding carboxylic acids is 1. The third kappa shape index (κ3) is 7.08. The number of nitrogens with one attached hydrogen (secondary N) is 3. The van der Waals surface area contributed by atoms with Crippen LogP contribution in [-0.2, 0) is 11.3 Å². The number of benzene rings is 1. The molecule has 1 aromatic rings. The number of aliphatic imine (C=N–C) groups is 1. The number of rotatable bonds is 6. The van der Waals surface area contributed by atoms with Gasteiger partial charge in [-0.05, 0) is 24.6 Å². The maximum Gasteiger partial charge on any atom is 0.251 e. The highest BCUT2D eigenvalue weighted by Crippen LogP contribution is 2.04. The Morgan fingerprint density at radius 3 is 2.45 bits per heavy atom. The van der Waals surface area contributed by atoms with Gasteiger partial charge in [-0.3, -0.25) is 9.79 Å². The highest BCUT2D eigenvalue weighted by molar-refractivity contribution is 14.0. The molecule has 124 valence electrons. The number of ether oxygens (including phenoxy) is 1. The zero-order chi connectivity index (χ0) is 15.7. The summed E-state index contributed by atoms with van der Waals surface area (Å²) >= 11 is 0. The minimum Gasteiger partial charge on any atom is -0.383 e. The molecule has 0 fully saturated rings. The van der Waals surface area contributed by atoms with Crippen LogP contribution in [-0.4, -0.2) is 45.7 Å². The van der Waals surface area contributed by atoms with Crippen LogP contribution in [0.1, 0.15) is 22.8 Å². The van der Waals surface area contributed by atoms with E-state index in [1.54, 1.807) is 33.3 Å². The molecule has 1 amide bonds.